The Morgan fingerprint density at radius 3 is 2.50 bits per heavy atom. The van der Waals surface area contributed by atoms with Crippen LogP contribution in [0.15, 0.2) is 12.1 Å². The lowest BCUT2D eigenvalue weighted by atomic mass is 10.3. The lowest BCUT2D eigenvalue weighted by molar-refractivity contribution is 0.490. The van der Waals surface area contributed by atoms with E-state index in [1.807, 2.05) is 4.72 Å². The van der Waals surface area contributed by atoms with Crippen LogP contribution in [0.3, 0.4) is 0 Å². The monoisotopic (exact) mass is 185 g/mol. The highest BCUT2D eigenvalue weighted by atomic mass is 32.2. The standard InChI is InChI=1S/C7H7NO3S/c1-6-2-4-7(5-3-6)8-12(9,10)11/h2,4,8H,1H3,(H,9,10,11). The Labute approximate surface area is 71.1 Å². The van der Waals surface area contributed by atoms with E-state index < -0.39 is 10.3 Å². The number of nitrogens with one attached hydrogen (secondary N) is 1. The SMILES string of the molecule is Cc1c#cc(NS(=O)(=O)O)cc1. The van der Waals surface area contributed by atoms with E-state index in [0.717, 1.165) is 5.56 Å². The number of hydrogen-bond acceptors (Lipinski definition) is 2. The van der Waals surface area contributed by atoms with Gasteiger partial charge in [0.05, 0.1) is 0 Å². The minimum atomic E-state index is -4.19. The van der Waals surface area contributed by atoms with Crippen molar-refractivity contribution in [3.63, 3.8) is 0 Å². The average molecular weight is 185 g/mol. The smallest absolute Gasteiger partial charge is 0.269 e. The molecule has 0 bridgehead atoms. The first-order valence-corrected chi connectivity index (χ1v) is 4.57. The highest BCUT2D eigenvalue weighted by Gasteiger charge is 2.01. The molecule has 0 aliphatic carbocycles. The van der Waals surface area contributed by atoms with Crippen LogP contribution < -0.4 is 4.72 Å². The van der Waals surface area contributed by atoms with Crippen molar-refractivity contribution < 1.29 is 13.0 Å². The molecule has 4 nitrogen and oxygen atoms in total. The molecule has 64 valence electrons. The zero-order valence-electron chi connectivity index (χ0n) is 6.33. The Morgan fingerprint density at radius 2 is 2.08 bits per heavy atom. The van der Waals surface area contributed by atoms with E-state index in [4.69, 9.17) is 4.55 Å². The van der Waals surface area contributed by atoms with Gasteiger partial charge in [-0.1, -0.05) is 6.07 Å². The van der Waals surface area contributed by atoms with Gasteiger partial charge < -0.3 is 0 Å². The van der Waals surface area contributed by atoms with Gasteiger partial charge in [0.15, 0.2) is 0 Å². The fourth-order valence-electron chi connectivity index (χ4n) is 0.656. The van der Waals surface area contributed by atoms with Gasteiger partial charge in [-0.15, -0.1) is 0 Å². The van der Waals surface area contributed by atoms with Gasteiger partial charge in [-0.2, -0.15) is 8.42 Å². The normalized spacial score (nSPS) is 10.5. The molecule has 0 amide bonds. The van der Waals surface area contributed by atoms with Gasteiger partial charge in [0.25, 0.3) is 0 Å². The molecular weight excluding hydrogens is 178 g/mol. The average Bonchev–Trinajstić information content (AvgIpc) is 1.91. The maximum Gasteiger partial charge on any atom is 0.358 e. The molecular formula is C7H7NO3S. The first kappa shape index (κ1) is 8.84. The third kappa shape index (κ3) is 2.78. The van der Waals surface area contributed by atoms with Gasteiger partial charge in [0, 0.05) is 0 Å². The van der Waals surface area contributed by atoms with Crippen LogP contribution in [0.2, 0.25) is 0 Å². The summed E-state index contributed by atoms with van der Waals surface area (Å²) in [7, 11) is -4.19. The molecule has 0 aliphatic heterocycles. The molecule has 1 rings (SSSR count). The van der Waals surface area contributed by atoms with Gasteiger partial charge in [0.1, 0.15) is 5.69 Å². The number of aryl methyl sites for hydroxylation is 1. The lowest BCUT2D eigenvalue weighted by Gasteiger charge is -1.97. The van der Waals surface area contributed by atoms with Crippen molar-refractivity contribution in [1.29, 1.82) is 0 Å². The van der Waals surface area contributed by atoms with Crippen molar-refractivity contribution in [2.24, 2.45) is 0 Å². The number of rotatable bonds is 2. The Bertz CT molecular complexity index is 355. The highest BCUT2D eigenvalue weighted by molar-refractivity contribution is 7.87. The summed E-state index contributed by atoms with van der Waals surface area (Å²) in [6, 6.07) is 8.32. The van der Waals surface area contributed by atoms with E-state index in [9.17, 15) is 8.42 Å². The summed E-state index contributed by atoms with van der Waals surface area (Å²) in [6.07, 6.45) is 0. The van der Waals surface area contributed by atoms with Gasteiger partial charge in [-0.05, 0) is 30.7 Å². The third-order valence-electron chi connectivity index (χ3n) is 1.13. The van der Waals surface area contributed by atoms with E-state index in [-0.39, 0.29) is 5.69 Å². The summed E-state index contributed by atoms with van der Waals surface area (Å²) in [6.45, 7) is 1.80. The fraction of sp³-hybridized carbons (Fsp3) is 0.143. The molecule has 0 radical (unpaired) electrons. The molecule has 0 aliphatic rings. The number of anilines is 1. The van der Waals surface area contributed by atoms with Crippen molar-refractivity contribution in [3.8, 4) is 0 Å². The lowest BCUT2D eigenvalue weighted by Crippen LogP contribution is -2.09. The maximum atomic E-state index is 10.3. The third-order valence-corrected chi connectivity index (χ3v) is 1.61. The van der Waals surface area contributed by atoms with Crippen LogP contribution in [0.25, 0.3) is 0 Å². The van der Waals surface area contributed by atoms with Crippen LogP contribution in [-0.2, 0) is 10.3 Å². The summed E-state index contributed by atoms with van der Waals surface area (Å²) >= 11 is 0. The van der Waals surface area contributed by atoms with E-state index in [1.165, 1.54) is 6.07 Å². The quantitative estimate of drug-likeness (QED) is 0.670. The van der Waals surface area contributed by atoms with Crippen molar-refractivity contribution in [2.45, 2.75) is 6.92 Å². The Kier molecular flexibility index (Phi) is 2.22. The Balaban J connectivity index is 2.85. The zero-order valence-corrected chi connectivity index (χ0v) is 7.14. The van der Waals surface area contributed by atoms with Crippen LogP contribution >= 0.6 is 0 Å². The molecule has 5 heteroatoms. The highest BCUT2D eigenvalue weighted by Crippen LogP contribution is 2.04. The first-order chi connectivity index (χ1) is 5.47. The summed E-state index contributed by atoms with van der Waals surface area (Å²) in [5, 5.41) is 0. The molecule has 0 atom stereocenters. The zero-order chi connectivity index (χ0) is 9.19. The second-order valence-electron chi connectivity index (χ2n) is 2.26. The molecule has 1 aromatic carbocycles. The van der Waals surface area contributed by atoms with E-state index in [0.29, 0.717) is 0 Å². The van der Waals surface area contributed by atoms with Crippen LogP contribution in [0.1, 0.15) is 5.56 Å². The molecule has 2 N–H and O–H groups in total. The molecule has 0 saturated carbocycles. The second kappa shape index (κ2) is 3.01. The van der Waals surface area contributed by atoms with Crippen molar-refractivity contribution in [1.82, 2.24) is 0 Å². The maximum absolute atomic E-state index is 10.3. The minimum Gasteiger partial charge on any atom is -0.269 e. The second-order valence-corrected chi connectivity index (χ2v) is 3.41. The van der Waals surface area contributed by atoms with Crippen molar-refractivity contribution >= 4 is 16.0 Å². The van der Waals surface area contributed by atoms with Gasteiger partial charge in [-0.25, -0.2) is 0 Å². The van der Waals surface area contributed by atoms with Crippen LogP contribution in [0.5, 0.6) is 0 Å². The molecule has 0 aromatic heterocycles. The van der Waals surface area contributed by atoms with Gasteiger partial charge in [-0.3, -0.25) is 9.27 Å². The largest absolute Gasteiger partial charge is 0.358 e. The summed E-state index contributed by atoms with van der Waals surface area (Å²) in [5.74, 6) is 0. The predicted octanol–water partition coefficient (Wildman–Crippen LogP) is 0.810. The van der Waals surface area contributed by atoms with Gasteiger partial charge >= 0.3 is 10.3 Å². The van der Waals surface area contributed by atoms with E-state index >= 15 is 0 Å². The minimum absolute atomic E-state index is 0.170. The van der Waals surface area contributed by atoms with Crippen LogP contribution in [0.4, 0.5) is 5.69 Å². The molecule has 1 aromatic rings. The molecule has 0 spiro atoms. The fourth-order valence-corrected chi connectivity index (χ4v) is 1.05. The predicted molar refractivity (Wildman–Crippen MR) is 44.0 cm³/mol. The van der Waals surface area contributed by atoms with Crippen molar-refractivity contribution in [2.75, 3.05) is 4.72 Å². The molecule has 0 heterocycles. The summed E-state index contributed by atoms with van der Waals surface area (Å²) in [5.41, 5.74) is 1.01. The molecule has 0 fully saturated rings. The topological polar surface area (TPSA) is 66.4 Å². The molecule has 0 saturated heterocycles. The molecule has 0 unspecified atom stereocenters. The summed E-state index contributed by atoms with van der Waals surface area (Å²) < 4.78 is 30.8. The van der Waals surface area contributed by atoms with Crippen LogP contribution in [-0.4, -0.2) is 13.0 Å². The number of hydrogen-bond donors (Lipinski definition) is 2. The van der Waals surface area contributed by atoms with Crippen molar-refractivity contribution in [3.05, 3.63) is 29.8 Å². The first-order valence-electron chi connectivity index (χ1n) is 3.13. The Morgan fingerprint density at radius 1 is 1.42 bits per heavy atom. The molecule has 12 heavy (non-hydrogen) atoms. The van der Waals surface area contributed by atoms with E-state index in [2.05, 4.69) is 12.1 Å². The Hall–Kier alpha value is -1.25. The van der Waals surface area contributed by atoms with Crippen LogP contribution in [0, 0.1) is 19.1 Å². The van der Waals surface area contributed by atoms with E-state index in [1.54, 1.807) is 13.0 Å². The summed E-state index contributed by atoms with van der Waals surface area (Å²) in [4.78, 5) is 0. The van der Waals surface area contributed by atoms with Gasteiger partial charge in [0.2, 0.25) is 0 Å².